The van der Waals surface area contributed by atoms with Gasteiger partial charge in [-0.05, 0) is 19.4 Å². The molecule has 1 N–H and O–H groups in total. The van der Waals surface area contributed by atoms with Gasteiger partial charge in [0.1, 0.15) is 0 Å². The van der Waals surface area contributed by atoms with Gasteiger partial charge in [0.25, 0.3) is 10.2 Å². The maximum absolute atomic E-state index is 12.3. The molecule has 1 fully saturated rings. The number of ether oxygens (including phenoxy) is 1. The van der Waals surface area contributed by atoms with E-state index in [2.05, 4.69) is 4.72 Å². The van der Waals surface area contributed by atoms with Crippen LogP contribution in [0.5, 0.6) is 0 Å². The van der Waals surface area contributed by atoms with Crippen molar-refractivity contribution in [3.63, 3.8) is 0 Å². The summed E-state index contributed by atoms with van der Waals surface area (Å²) in [4.78, 5) is 13.1. The normalized spacial score (nSPS) is 16.3. The molecule has 1 aliphatic rings. The van der Waals surface area contributed by atoms with E-state index in [1.807, 2.05) is 31.2 Å². The third kappa shape index (κ3) is 4.92. The van der Waals surface area contributed by atoms with Crippen molar-refractivity contribution in [3.05, 3.63) is 35.4 Å². The van der Waals surface area contributed by atoms with Crippen LogP contribution in [0.2, 0.25) is 0 Å². The van der Waals surface area contributed by atoms with Crippen LogP contribution in [0.4, 0.5) is 4.79 Å². The maximum atomic E-state index is 12.3. The summed E-state index contributed by atoms with van der Waals surface area (Å²) in [6, 6.07) is 7.69. The molecule has 128 valence electrons. The summed E-state index contributed by atoms with van der Waals surface area (Å²) >= 11 is 0. The number of nitrogens with one attached hydrogen (secondary N) is 1. The van der Waals surface area contributed by atoms with Crippen LogP contribution < -0.4 is 4.72 Å². The molecule has 1 aromatic rings. The Morgan fingerprint density at radius 3 is 2.35 bits per heavy atom. The minimum absolute atomic E-state index is 0.251. The van der Waals surface area contributed by atoms with Gasteiger partial charge in [-0.2, -0.15) is 17.4 Å². The largest absolute Gasteiger partial charge is 0.450 e. The van der Waals surface area contributed by atoms with E-state index in [-0.39, 0.29) is 19.6 Å². The van der Waals surface area contributed by atoms with Crippen molar-refractivity contribution in [1.29, 1.82) is 0 Å². The van der Waals surface area contributed by atoms with Crippen LogP contribution in [0, 0.1) is 6.92 Å². The molecule has 0 aromatic heterocycles. The summed E-state index contributed by atoms with van der Waals surface area (Å²) in [6.07, 6.45) is -0.392. The summed E-state index contributed by atoms with van der Waals surface area (Å²) < 4.78 is 33.5. The Morgan fingerprint density at radius 1 is 1.17 bits per heavy atom. The van der Waals surface area contributed by atoms with Crippen LogP contribution in [0.1, 0.15) is 18.1 Å². The van der Waals surface area contributed by atoms with Gasteiger partial charge in [0, 0.05) is 32.7 Å². The highest BCUT2D eigenvalue weighted by atomic mass is 32.2. The van der Waals surface area contributed by atoms with E-state index in [9.17, 15) is 13.2 Å². The van der Waals surface area contributed by atoms with E-state index in [1.54, 1.807) is 6.92 Å². The Morgan fingerprint density at radius 2 is 1.78 bits per heavy atom. The van der Waals surface area contributed by atoms with Crippen molar-refractivity contribution < 1.29 is 17.9 Å². The molecule has 1 saturated heterocycles. The maximum Gasteiger partial charge on any atom is 0.409 e. The van der Waals surface area contributed by atoms with Gasteiger partial charge in [0.15, 0.2) is 0 Å². The molecule has 0 spiro atoms. The minimum Gasteiger partial charge on any atom is -0.450 e. The Hall–Kier alpha value is -1.64. The fraction of sp³-hybridized carbons (Fsp3) is 0.533. The Kier molecular flexibility index (Phi) is 5.97. The molecule has 7 nitrogen and oxygen atoms in total. The lowest BCUT2D eigenvalue weighted by Gasteiger charge is -2.33. The molecular weight excluding hydrogens is 318 g/mol. The average Bonchev–Trinajstić information content (AvgIpc) is 2.55. The molecule has 1 aromatic carbocycles. The number of nitrogens with zero attached hydrogens (tertiary/aromatic N) is 2. The second kappa shape index (κ2) is 7.76. The number of rotatable bonds is 5. The quantitative estimate of drug-likeness (QED) is 0.870. The van der Waals surface area contributed by atoms with E-state index in [4.69, 9.17) is 4.74 Å². The first-order valence-corrected chi connectivity index (χ1v) is 9.08. The van der Waals surface area contributed by atoms with Crippen molar-refractivity contribution in [3.8, 4) is 0 Å². The molecule has 1 heterocycles. The monoisotopic (exact) mass is 341 g/mol. The predicted octanol–water partition coefficient (Wildman–Crippen LogP) is 1.10. The fourth-order valence-corrected chi connectivity index (χ4v) is 3.47. The van der Waals surface area contributed by atoms with Crippen molar-refractivity contribution in [2.24, 2.45) is 0 Å². The fourth-order valence-electron chi connectivity index (χ4n) is 2.30. The van der Waals surface area contributed by atoms with Gasteiger partial charge < -0.3 is 9.64 Å². The van der Waals surface area contributed by atoms with E-state index >= 15 is 0 Å². The standard InChI is InChI=1S/C15H23N3O4S/c1-3-22-15(19)17-8-10-18(11-9-17)23(20,21)16-12-14-6-4-13(2)5-7-14/h4-7,16H,3,8-12H2,1-2H3. The summed E-state index contributed by atoms with van der Waals surface area (Å²) in [5.41, 5.74) is 2.04. The van der Waals surface area contributed by atoms with Gasteiger partial charge in [-0.15, -0.1) is 0 Å². The molecule has 0 radical (unpaired) electrons. The van der Waals surface area contributed by atoms with Gasteiger partial charge in [0.05, 0.1) is 6.61 Å². The number of piperazine rings is 1. The van der Waals surface area contributed by atoms with Crippen molar-refractivity contribution in [2.45, 2.75) is 20.4 Å². The highest BCUT2D eigenvalue weighted by Gasteiger charge is 2.29. The van der Waals surface area contributed by atoms with E-state index in [0.29, 0.717) is 19.7 Å². The number of carbonyl (C=O) groups is 1. The molecule has 2 rings (SSSR count). The lowest BCUT2D eigenvalue weighted by Crippen LogP contribution is -2.53. The van der Waals surface area contributed by atoms with Gasteiger partial charge in [-0.3, -0.25) is 0 Å². The Balaban J connectivity index is 1.86. The molecule has 0 bridgehead atoms. The average molecular weight is 341 g/mol. The number of hydrogen-bond donors (Lipinski definition) is 1. The smallest absolute Gasteiger partial charge is 0.409 e. The van der Waals surface area contributed by atoms with E-state index < -0.39 is 16.3 Å². The number of amides is 1. The van der Waals surface area contributed by atoms with E-state index in [0.717, 1.165) is 11.1 Å². The first-order valence-electron chi connectivity index (χ1n) is 7.64. The molecule has 8 heteroatoms. The molecule has 1 aliphatic heterocycles. The number of carbonyl (C=O) groups excluding carboxylic acids is 1. The molecule has 0 aliphatic carbocycles. The summed E-state index contributed by atoms with van der Waals surface area (Å²) in [5.74, 6) is 0. The first kappa shape index (κ1) is 17.7. The molecule has 0 unspecified atom stereocenters. The SMILES string of the molecule is CCOC(=O)N1CCN(S(=O)(=O)NCc2ccc(C)cc2)CC1. The highest BCUT2D eigenvalue weighted by Crippen LogP contribution is 2.09. The van der Waals surface area contributed by atoms with Crippen molar-refractivity contribution >= 4 is 16.3 Å². The Bertz CT molecular complexity index is 623. The second-order valence-corrected chi connectivity index (χ2v) is 7.15. The van der Waals surface area contributed by atoms with Crippen molar-refractivity contribution in [2.75, 3.05) is 32.8 Å². The summed E-state index contributed by atoms with van der Waals surface area (Å²) in [7, 11) is -3.55. The van der Waals surface area contributed by atoms with Gasteiger partial charge in [-0.25, -0.2) is 4.79 Å². The lowest BCUT2D eigenvalue weighted by molar-refractivity contribution is 0.0932. The van der Waals surface area contributed by atoms with Gasteiger partial charge in [-0.1, -0.05) is 29.8 Å². The van der Waals surface area contributed by atoms with Gasteiger partial charge in [0.2, 0.25) is 0 Å². The molecular formula is C15H23N3O4S. The molecule has 0 atom stereocenters. The van der Waals surface area contributed by atoms with Gasteiger partial charge >= 0.3 is 6.09 Å². The first-order chi connectivity index (χ1) is 10.9. The lowest BCUT2D eigenvalue weighted by atomic mass is 10.2. The van der Waals surface area contributed by atoms with Crippen LogP contribution in [-0.2, 0) is 21.5 Å². The number of aryl methyl sites for hydroxylation is 1. The molecule has 23 heavy (non-hydrogen) atoms. The summed E-state index contributed by atoms with van der Waals surface area (Å²) in [5, 5.41) is 0. The Labute approximate surface area is 137 Å². The zero-order chi connectivity index (χ0) is 16.9. The van der Waals surface area contributed by atoms with Crippen LogP contribution >= 0.6 is 0 Å². The zero-order valence-electron chi connectivity index (χ0n) is 13.5. The predicted molar refractivity (Wildman–Crippen MR) is 87.1 cm³/mol. The third-order valence-corrected chi connectivity index (χ3v) is 5.24. The second-order valence-electron chi connectivity index (χ2n) is 5.40. The topological polar surface area (TPSA) is 79.0 Å². The zero-order valence-corrected chi connectivity index (χ0v) is 14.3. The van der Waals surface area contributed by atoms with E-state index in [1.165, 1.54) is 9.21 Å². The number of benzene rings is 1. The van der Waals surface area contributed by atoms with Crippen LogP contribution in [0.15, 0.2) is 24.3 Å². The van der Waals surface area contributed by atoms with Crippen LogP contribution in [0.25, 0.3) is 0 Å². The van der Waals surface area contributed by atoms with Crippen molar-refractivity contribution in [1.82, 2.24) is 13.9 Å². The number of hydrogen-bond acceptors (Lipinski definition) is 4. The minimum atomic E-state index is -3.55. The summed E-state index contributed by atoms with van der Waals surface area (Å²) in [6.45, 7) is 5.50. The molecule has 0 saturated carbocycles. The molecule has 1 amide bonds. The van der Waals surface area contributed by atoms with Crippen LogP contribution in [0.3, 0.4) is 0 Å². The van der Waals surface area contributed by atoms with Crippen LogP contribution in [-0.4, -0.2) is 56.5 Å². The highest BCUT2D eigenvalue weighted by molar-refractivity contribution is 7.87. The third-order valence-electron chi connectivity index (χ3n) is 3.68.